The van der Waals surface area contributed by atoms with Crippen LogP contribution in [0.4, 0.5) is 23.7 Å². The van der Waals surface area contributed by atoms with Gasteiger partial charge in [0.2, 0.25) is 5.91 Å². The fraction of sp³-hybridized carbons (Fsp3) is 0.190. The van der Waals surface area contributed by atoms with Crippen molar-refractivity contribution in [2.45, 2.75) is 18.6 Å². The highest BCUT2D eigenvalue weighted by atomic mass is 35.5. The highest BCUT2D eigenvalue weighted by molar-refractivity contribution is 6.31. The molecule has 32 heavy (non-hydrogen) atoms. The minimum atomic E-state index is -4.70. The molecule has 0 bridgehead atoms. The number of rotatable bonds is 5. The molecule has 3 N–H and O–H groups in total. The summed E-state index contributed by atoms with van der Waals surface area (Å²) in [6, 6.07) is 8.76. The van der Waals surface area contributed by atoms with E-state index >= 15 is 0 Å². The van der Waals surface area contributed by atoms with Crippen LogP contribution in [0, 0.1) is 0 Å². The average Bonchev–Trinajstić information content (AvgIpc) is 3.25. The summed E-state index contributed by atoms with van der Waals surface area (Å²) in [5.41, 5.74) is 0.447. The Hall–Kier alpha value is -3.53. The summed E-state index contributed by atoms with van der Waals surface area (Å²) in [4.78, 5) is 41.0. The molecule has 2 heterocycles. The molecular formula is C21H16ClF3N4O3. The number of para-hydroxylation sites is 1. The van der Waals surface area contributed by atoms with Gasteiger partial charge in [0.15, 0.2) is 0 Å². The van der Waals surface area contributed by atoms with Crippen molar-refractivity contribution in [1.82, 2.24) is 15.2 Å². The molecule has 11 heteroatoms. The molecule has 4 amide bonds. The molecule has 166 valence electrons. The largest absolute Gasteiger partial charge is 0.417 e. The van der Waals surface area contributed by atoms with E-state index in [9.17, 15) is 27.6 Å². The van der Waals surface area contributed by atoms with Gasteiger partial charge in [-0.3, -0.25) is 14.5 Å². The Labute approximate surface area is 184 Å². The number of nitrogens with one attached hydrogen (secondary N) is 3. The number of carbonyl (C=O) groups is 3. The topological polar surface area (TPSA) is 94.3 Å². The van der Waals surface area contributed by atoms with Gasteiger partial charge in [0.1, 0.15) is 12.6 Å². The Bertz CT molecular complexity index is 1220. The first kappa shape index (κ1) is 21.7. The Balaban J connectivity index is 1.43. The molecule has 1 saturated heterocycles. The van der Waals surface area contributed by atoms with Gasteiger partial charge >= 0.3 is 12.2 Å². The lowest BCUT2D eigenvalue weighted by molar-refractivity contribution is -0.137. The number of hydrogen-bond donors (Lipinski definition) is 3. The van der Waals surface area contributed by atoms with Crippen LogP contribution in [0.5, 0.6) is 0 Å². The molecule has 7 nitrogen and oxygen atoms in total. The van der Waals surface area contributed by atoms with Crippen LogP contribution in [-0.2, 0) is 22.2 Å². The number of alkyl halides is 3. The van der Waals surface area contributed by atoms with Crippen LogP contribution < -0.4 is 10.6 Å². The van der Waals surface area contributed by atoms with Crippen molar-refractivity contribution in [3.63, 3.8) is 0 Å². The maximum Gasteiger partial charge on any atom is 0.417 e. The molecule has 0 spiro atoms. The van der Waals surface area contributed by atoms with Crippen LogP contribution >= 0.6 is 11.6 Å². The van der Waals surface area contributed by atoms with Crippen molar-refractivity contribution in [2.24, 2.45) is 0 Å². The normalized spacial score (nSPS) is 16.5. The number of carbonyl (C=O) groups excluding carboxylic acids is 3. The number of H-pyrrole nitrogens is 1. The standard InChI is InChI=1S/C21H16ClF3N4O3/c22-15-6-5-12(8-14(15)21(23,24)25)27-18(30)10-29-19(31)17(28-20(29)32)7-11-9-26-16-4-2-1-3-13(11)16/h1-6,8-9,17,26H,7,10H2,(H,27,30)(H,28,32)/t17-/m0/s1. The van der Waals surface area contributed by atoms with E-state index in [2.05, 4.69) is 15.6 Å². The lowest BCUT2D eigenvalue weighted by atomic mass is 10.1. The molecule has 1 atom stereocenters. The quantitative estimate of drug-likeness (QED) is 0.499. The zero-order valence-corrected chi connectivity index (χ0v) is 17.1. The Morgan fingerprint density at radius 2 is 1.91 bits per heavy atom. The Kier molecular flexibility index (Phi) is 5.55. The van der Waals surface area contributed by atoms with Crippen molar-refractivity contribution in [1.29, 1.82) is 0 Å². The highest BCUT2D eigenvalue weighted by Crippen LogP contribution is 2.36. The van der Waals surface area contributed by atoms with Gasteiger partial charge in [-0.2, -0.15) is 13.2 Å². The summed E-state index contributed by atoms with van der Waals surface area (Å²) in [6.45, 7) is -0.640. The number of amides is 4. The zero-order valence-electron chi connectivity index (χ0n) is 16.3. The molecular weight excluding hydrogens is 449 g/mol. The average molecular weight is 465 g/mol. The number of anilines is 1. The first-order chi connectivity index (χ1) is 15.1. The number of fused-ring (bicyclic) bond motifs is 1. The van der Waals surface area contributed by atoms with Crippen molar-refractivity contribution >= 4 is 46.0 Å². The minimum absolute atomic E-state index is 0.158. The summed E-state index contributed by atoms with van der Waals surface area (Å²) in [7, 11) is 0. The second kappa shape index (κ2) is 8.19. The third kappa shape index (κ3) is 4.26. The van der Waals surface area contributed by atoms with Crippen LogP contribution in [0.3, 0.4) is 0 Å². The van der Waals surface area contributed by atoms with Crippen LogP contribution in [0.25, 0.3) is 10.9 Å². The maximum atomic E-state index is 13.0. The number of aromatic nitrogens is 1. The molecule has 2 aromatic carbocycles. The summed E-state index contributed by atoms with van der Waals surface area (Å²) in [5.74, 6) is -1.42. The van der Waals surface area contributed by atoms with Crippen LogP contribution in [0.1, 0.15) is 11.1 Å². The first-order valence-electron chi connectivity index (χ1n) is 9.47. The number of urea groups is 1. The molecule has 4 rings (SSSR count). The van der Waals surface area contributed by atoms with E-state index < -0.39 is 47.2 Å². The van der Waals surface area contributed by atoms with Gasteiger partial charge in [0.05, 0.1) is 10.6 Å². The van der Waals surface area contributed by atoms with E-state index in [1.165, 1.54) is 6.07 Å². The summed E-state index contributed by atoms with van der Waals surface area (Å²) in [5, 5.41) is 5.20. The van der Waals surface area contributed by atoms with Crippen molar-refractivity contribution in [2.75, 3.05) is 11.9 Å². The van der Waals surface area contributed by atoms with Crippen molar-refractivity contribution < 1.29 is 27.6 Å². The van der Waals surface area contributed by atoms with E-state index in [-0.39, 0.29) is 12.1 Å². The maximum absolute atomic E-state index is 13.0. The number of halogens is 4. The molecule has 1 aromatic heterocycles. The third-order valence-corrected chi connectivity index (χ3v) is 5.39. The van der Waals surface area contributed by atoms with Crippen molar-refractivity contribution in [3.8, 4) is 0 Å². The second-order valence-electron chi connectivity index (χ2n) is 7.23. The molecule has 0 saturated carbocycles. The summed E-state index contributed by atoms with van der Waals surface area (Å²) >= 11 is 5.56. The molecule has 0 unspecified atom stereocenters. The van der Waals surface area contributed by atoms with Gasteiger partial charge < -0.3 is 15.6 Å². The lowest BCUT2D eigenvalue weighted by Gasteiger charge is -2.14. The van der Waals surface area contributed by atoms with Gasteiger partial charge in [-0.15, -0.1) is 0 Å². The molecule has 0 radical (unpaired) electrons. The van der Waals surface area contributed by atoms with Gasteiger partial charge in [-0.05, 0) is 29.8 Å². The number of benzene rings is 2. The zero-order chi connectivity index (χ0) is 23.0. The monoisotopic (exact) mass is 464 g/mol. The molecule has 1 aliphatic heterocycles. The molecule has 0 aliphatic carbocycles. The smallest absolute Gasteiger partial charge is 0.361 e. The number of aromatic amines is 1. The van der Waals surface area contributed by atoms with Crippen molar-refractivity contribution in [3.05, 3.63) is 64.8 Å². The fourth-order valence-corrected chi connectivity index (χ4v) is 3.77. The van der Waals surface area contributed by atoms with E-state index in [4.69, 9.17) is 11.6 Å². The molecule has 1 aliphatic rings. The minimum Gasteiger partial charge on any atom is -0.361 e. The van der Waals surface area contributed by atoms with Gasteiger partial charge in [0.25, 0.3) is 5.91 Å². The third-order valence-electron chi connectivity index (χ3n) is 5.06. The van der Waals surface area contributed by atoms with Crippen LogP contribution in [0.15, 0.2) is 48.7 Å². The first-order valence-corrected chi connectivity index (χ1v) is 9.85. The second-order valence-corrected chi connectivity index (χ2v) is 7.64. The Morgan fingerprint density at radius 1 is 1.16 bits per heavy atom. The van der Waals surface area contributed by atoms with E-state index in [1.54, 1.807) is 6.20 Å². The number of hydrogen-bond acceptors (Lipinski definition) is 3. The fourth-order valence-electron chi connectivity index (χ4n) is 3.55. The Morgan fingerprint density at radius 3 is 2.66 bits per heavy atom. The summed E-state index contributed by atoms with van der Waals surface area (Å²) in [6.07, 6.45) is -2.73. The van der Waals surface area contributed by atoms with E-state index in [0.717, 1.165) is 27.4 Å². The van der Waals surface area contributed by atoms with Crippen LogP contribution in [-0.4, -0.2) is 40.3 Å². The molecule has 3 aromatic rings. The predicted octanol–water partition coefficient (Wildman–Crippen LogP) is 3.94. The van der Waals surface area contributed by atoms with Crippen LogP contribution in [0.2, 0.25) is 5.02 Å². The van der Waals surface area contributed by atoms with E-state index in [0.29, 0.717) is 6.07 Å². The lowest BCUT2D eigenvalue weighted by Crippen LogP contribution is -2.38. The van der Waals surface area contributed by atoms with E-state index in [1.807, 2.05) is 24.3 Å². The van der Waals surface area contributed by atoms with Gasteiger partial charge in [-0.1, -0.05) is 29.8 Å². The SMILES string of the molecule is O=C(CN1C(=O)N[C@@H](Cc2c[nH]c3ccccc23)C1=O)Nc1ccc(Cl)c(C(F)(F)F)c1. The number of imide groups is 1. The highest BCUT2D eigenvalue weighted by Gasteiger charge is 2.39. The van der Waals surface area contributed by atoms with Gasteiger partial charge in [0, 0.05) is 29.2 Å². The summed E-state index contributed by atoms with van der Waals surface area (Å²) < 4.78 is 39.0. The van der Waals surface area contributed by atoms with Gasteiger partial charge in [-0.25, -0.2) is 4.79 Å². The predicted molar refractivity (Wildman–Crippen MR) is 111 cm³/mol. The number of nitrogens with zero attached hydrogens (tertiary/aromatic N) is 1. The molecule has 1 fully saturated rings.